The largest absolute Gasteiger partial charge is 1.00 e. The van der Waals surface area contributed by atoms with E-state index in [1.54, 1.807) is 0 Å². The van der Waals surface area contributed by atoms with Crippen LogP contribution in [-0.4, -0.2) is 10.5 Å². The first-order valence-corrected chi connectivity index (χ1v) is 10.9. The number of aryl methyl sites for hydroxylation is 1. The van der Waals surface area contributed by atoms with Crippen LogP contribution in [0.25, 0.3) is 0 Å². The molecule has 5 heteroatoms. The van der Waals surface area contributed by atoms with Crippen LogP contribution in [0, 0.1) is 0 Å². The molecule has 1 aromatic rings. The van der Waals surface area contributed by atoms with Crippen molar-refractivity contribution in [2.24, 2.45) is 7.05 Å². The van der Waals surface area contributed by atoms with Crippen LogP contribution >= 0.6 is 0 Å². The van der Waals surface area contributed by atoms with E-state index in [1.807, 2.05) is 41.8 Å². The maximum Gasteiger partial charge on any atom is 0.309 e. The van der Waals surface area contributed by atoms with Gasteiger partial charge in [-0.3, -0.25) is 4.79 Å². The quantitative estimate of drug-likeness (QED) is 0.243. The number of esters is 1. The van der Waals surface area contributed by atoms with Gasteiger partial charge < -0.3 is 17.1 Å². The SMILES string of the molecule is CCCCCCCCCCCCCCCC(=O)OC(C)n1cc[n+](C)c1.[Cl-]. The van der Waals surface area contributed by atoms with Crippen LogP contribution in [-0.2, 0) is 16.6 Å². The molecule has 0 bridgehead atoms. The molecule has 1 rings (SSSR count). The standard InChI is InChI=1S/C22H41N2O2.ClH/c1-4-5-6-7-8-9-10-11-12-13-14-15-16-17-22(25)26-21(2)24-19-18-23(3)20-24;/h18-21H,4-17H2,1-3H3;1H/q+1;/p-1. The molecule has 0 radical (unpaired) electrons. The Morgan fingerprint density at radius 2 is 1.41 bits per heavy atom. The molecule has 0 aliphatic rings. The second-order valence-electron chi connectivity index (χ2n) is 7.61. The lowest BCUT2D eigenvalue weighted by Gasteiger charge is -2.09. The van der Waals surface area contributed by atoms with E-state index in [0.29, 0.717) is 6.42 Å². The number of ether oxygens (including phenoxy) is 1. The number of nitrogens with zero attached hydrogens (tertiary/aromatic N) is 2. The van der Waals surface area contributed by atoms with E-state index >= 15 is 0 Å². The number of rotatable bonds is 16. The molecule has 1 unspecified atom stereocenters. The van der Waals surface area contributed by atoms with Crippen molar-refractivity contribution in [2.75, 3.05) is 0 Å². The van der Waals surface area contributed by atoms with E-state index in [2.05, 4.69) is 6.92 Å². The van der Waals surface area contributed by atoms with Crippen LogP contribution in [0.1, 0.15) is 110 Å². The molecular weight excluding hydrogens is 360 g/mol. The highest BCUT2D eigenvalue weighted by Crippen LogP contribution is 2.14. The van der Waals surface area contributed by atoms with E-state index in [1.165, 1.54) is 70.6 Å². The summed E-state index contributed by atoms with van der Waals surface area (Å²) < 4.78 is 9.31. The van der Waals surface area contributed by atoms with Gasteiger partial charge in [0.1, 0.15) is 12.4 Å². The summed E-state index contributed by atoms with van der Waals surface area (Å²) in [5, 5.41) is 0. The molecule has 1 atom stereocenters. The van der Waals surface area contributed by atoms with Gasteiger partial charge in [-0.1, -0.05) is 84.0 Å². The van der Waals surface area contributed by atoms with Crippen molar-refractivity contribution in [1.29, 1.82) is 0 Å². The Balaban J connectivity index is 0.00000676. The van der Waals surface area contributed by atoms with Crippen molar-refractivity contribution in [3.05, 3.63) is 18.7 Å². The van der Waals surface area contributed by atoms with Gasteiger partial charge in [-0.2, -0.15) is 4.57 Å². The van der Waals surface area contributed by atoms with Crippen molar-refractivity contribution in [3.8, 4) is 0 Å². The normalized spacial score (nSPS) is 11.8. The number of carbonyl (C=O) groups is 1. The predicted molar refractivity (Wildman–Crippen MR) is 107 cm³/mol. The number of unbranched alkanes of at least 4 members (excludes halogenated alkanes) is 12. The monoisotopic (exact) mass is 400 g/mol. The first-order chi connectivity index (χ1) is 12.6. The Morgan fingerprint density at radius 3 is 1.85 bits per heavy atom. The van der Waals surface area contributed by atoms with Gasteiger partial charge in [0.05, 0.1) is 7.05 Å². The van der Waals surface area contributed by atoms with Gasteiger partial charge in [-0.15, -0.1) is 0 Å². The fraction of sp³-hybridized carbons (Fsp3) is 0.818. The molecule has 0 aliphatic carbocycles. The summed E-state index contributed by atoms with van der Waals surface area (Å²) in [6.07, 6.45) is 23.2. The van der Waals surface area contributed by atoms with Gasteiger partial charge in [0, 0.05) is 13.3 Å². The molecule has 0 saturated carbocycles. The van der Waals surface area contributed by atoms with E-state index < -0.39 is 0 Å². The zero-order valence-electron chi connectivity index (χ0n) is 17.8. The zero-order chi connectivity index (χ0) is 19.0. The van der Waals surface area contributed by atoms with Crippen molar-refractivity contribution in [1.82, 2.24) is 4.57 Å². The minimum absolute atomic E-state index is 0. The first-order valence-electron chi connectivity index (χ1n) is 10.9. The van der Waals surface area contributed by atoms with Gasteiger partial charge in [0.15, 0.2) is 0 Å². The Morgan fingerprint density at radius 1 is 0.926 bits per heavy atom. The molecule has 0 spiro atoms. The summed E-state index contributed by atoms with van der Waals surface area (Å²) in [5.74, 6) is -0.0862. The summed E-state index contributed by atoms with van der Waals surface area (Å²) >= 11 is 0. The Hall–Kier alpha value is -1.03. The predicted octanol–water partition coefficient (Wildman–Crippen LogP) is 2.86. The van der Waals surface area contributed by atoms with Crippen LogP contribution in [0.3, 0.4) is 0 Å². The van der Waals surface area contributed by atoms with Crippen molar-refractivity contribution in [2.45, 2.75) is 110 Å². The highest BCUT2D eigenvalue weighted by molar-refractivity contribution is 5.69. The number of aromatic nitrogens is 2. The van der Waals surface area contributed by atoms with Gasteiger partial charge in [-0.25, -0.2) is 4.57 Å². The number of imidazole rings is 1. The minimum atomic E-state index is -0.231. The summed E-state index contributed by atoms with van der Waals surface area (Å²) in [4.78, 5) is 11.9. The third-order valence-electron chi connectivity index (χ3n) is 5.00. The lowest BCUT2D eigenvalue weighted by atomic mass is 10.0. The molecule has 158 valence electrons. The Labute approximate surface area is 173 Å². The molecule has 0 saturated heterocycles. The molecule has 27 heavy (non-hydrogen) atoms. The Bertz CT molecular complexity index is 477. The smallest absolute Gasteiger partial charge is 0.309 e. The minimum Gasteiger partial charge on any atom is -1.00 e. The number of hydrogen-bond donors (Lipinski definition) is 0. The van der Waals surface area contributed by atoms with Crippen LogP contribution in [0.2, 0.25) is 0 Å². The maximum absolute atomic E-state index is 11.9. The highest BCUT2D eigenvalue weighted by Gasteiger charge is 2.15. The highest BCUT2D eigenvalue weighted by atomic mass is 35.5. The molecule has 0 aliphatic heterocycles. The van der Waals surface area contributed by atoms with Crippen LogP contribution in [0.5, 0.6) is 0 Å². The number of hydrogen-bond acceptors (Lipinski definition) is 2. The van der Waals surface area contributed by atoms with Gasteiger partial charge in [0.2, 0.25) is 12.6 Å². The second-order valence-corrected chi connectivity index (χ2v) is 7.61. The van der Waals surface area contributed by atoms with Crippen molar-refractivity contribution < 1.29 is 26.5 Å². The van der Waals surface area contributed by atoms with Gasteiger partial charge in [-0.05, 0) is 6.42 Å². The average molecular weight is 401 g/mol. The lowest BCUT2D eigenvalue weighted by Crippen LogP contribution is -3.00. The fourth-order valence-corrected chi connectivity index (χ4v) is 3.28. The fourth-order valence-electron chi connectivity index (χ4n) is 3.28. The van der Waals surface area contributed by atoms with E-state index in [4.69, 9.17) is 4.74 Å². The summed E-state index contributed by atoms with van der Waals surface area (Å²) in [5.41, 5.74) is 0. The topological polar surface area (TPSA) is 35.1 Å². The van der Waals surface area contributed by atoms with Gasteiger partial charge >= 0.3 is 5.97 Å². The molecule has 1 heterocycles. The second kappa shape index (κ2) is 17.1. The molecule has 0 aromatic carbocycles. The van der Waals surface area contributed by atoms with Gasteiger partial charge in [0.25, 0.3) is 0 Å². The average Bonchev–Trinajstić information content (AvgIpc) is 3.05. The van der Waals surface area contributed by atoms with Crippen LogP contribution < -0.4 is 17.0 Å². The van der Waals surface area contributed by atoms with E-state index in [-0.39, 0.29) is 24.6 Å². The summed E-state index contributed by atoms with van der Waals surface area (Å²) in [6.45, 7) is 4.18. The van der Waals surface area contributed by atoms with Crippen molar-refractivity contribution in [3.63, 3.8) is 0 Å². The van der Waals surface area contributed by atoms with E-state index in [0.717, 1.165) is 12.8 Å². The molecular formula is C22H41ClN2O2. The summed E-state index contributed by atoms with van der Waals surface area (Å²) in [6, 6.07) is 0. The first kappa shape index (κ1) is 26.0. The maximum atomic E-state index is 11.9. The van der Waals surface area contributed by atoms with Crippen LogP contribution in [0.15, 0.2) is 18.7 Å². The molecule has 1 aromatic heterocycles. The van der Waals surface area contributed by atoms with E-state index in [9.17, 15) is 4.79 Å². The molecule has 0 N–H and O–H groups in total. The zero-order valence-corrected chi connectivity index (χ0v) is 18.6. The molecule has 0 amide bonds. The molecule has 0 fully saturated rings. The Kier molecular flexibility index (Phi) is 16.4. The van der Waals surface area contributed by atoms with Crippen LogP contribution in [0.4, 0.5) is 0 Å². The molecule has 4 nitrogen and oxygen atoms in total. The number of carbonyl (C=O) groups excluding carboxylic acids is 1. The third-order valence-corrected chi connectivity index (χ3v) is 5.00. The third kappa shape index (κ3) is 13.7. The number of halogens is 1. The van der Waals surface area contributed by atoms with Crippen molar-refractivity contribution >= 4 is 5.97 Å². The summed E-state index contributed by atoms with van der Waals surface area (Å²) in [7, 11) is 1.96. The lowest BCUT2D eigenvalue weighted by molar-refractivity contribution is -0.671.